The molecule has 0 amide bonds. The molecule has 0 aromatic heterocycles. The van der Waals surface area contributed by atoms with Gasteiger partial charge in [-0.3, -0.25) is 9.59 Å². The van der Waals surface area contributed by atoms with Crippen molar-refractivity contribution >= 4 is 11.8 Å². The molecule has 0 bridgehead atoms. The number of aliphatic carboxylic acids is 1. The number of hydrogen-bond acceptors (Lipinski definition) is 4. The Bertz CT molecular complexity index is 261. The minimum absolute atomic E-state index is 0.0755. The number of hydrogen-bond donors (Lipinski definition) is 2. The summed E-state index contributed by atoms with van der Waals surface area (Å²) < 4.78 is 5.07. The van der Waals surface area contributed by atoms with Crippen molar-refractivity contribution in [1.82, 2.24) is 0 Å². The van der Waals surface area contributed by atoms with Gasteiger partial charge in [0.05, 0.1) is 19.3 Å². The van der Waals surface area contributed by atoms with E-state index in [2.05, 4.69) is 0 Å². The van der Waals surface area contributed by atoms with Gasteiger partial charge in [-0.15, -0.1) is 0 Å². The molecule has 2 unspecified atom stereocenters. The Hall–Kier alpha value is -0.940. The molecule has 1 aliphatic heterocycles. The fraction of sp³-hybridized carbons (Fsp3) is 0.800. The molecule has 0 radical (unpaired) electrons. The van der Waals surface area contributed by atoms with Gasteiger partial charge in [-0.25, -0.2) is 0 Å². The Kier molecular flexibility index (Phi) is 3.82. The normalized spacial score (nSPS) is 28.8. The van der Waals surface area contributed by atoms with Crippen molar-refractivity contribution < 1.29 is 24.5 Å². The lowest BCUT2D eigenvalue weighted by Crippen LogP contribution is -2.47. The number of aliphatic hydroxyl groups is 1. The Morgan fingerprint density at radius 2 is 2.33 bits per heavy atom. The van der Waals surface area contributed by atoms with Crippen LogP contribution in [0.25, 0.3) is 0 Å². The first-order chi connectivity index (χ1) is 6.99. The van der Waals surface area contributed by atoms with Crippen molar-refractivity contribution in [3.05, 3.63) is 0 Å². The zero-order valence-corrected chi connectivity index (χ0v) is 8.73. The number of ether oxygens (including phenoxy) is 1. The van der Waals surface area contributed by atoms with E-state index < -0.39 is 17.5 Å². The Morgan fingerprint density at radius 3 is 2.80 bits per heavy atom. The highest BCUT2D eigenvalue weighted by Crippen LogP contribution is 2.31. The molecule has 15 heavy (non-hydrogen) atoms. The summed E-state index contributed by atoms with van der Waals surface area (Å²) in [6.45, 7) is 1.79. The number of ketones is 1. The number of carbonyl (C=O) groups excluding carboxylic acids is 1. The van der Waals surface area contributed by atoms with Gasteiger partial charge in [-0.1, -0.05) is 0 Å². The Morgan fingerprint density at radius 1 is 1.67 bits per heavy atom. The Labute approximate surface area is 88.0 Å². The summed E-state index contributed by atoms with van der Waals surface area (Å²) >= 11 is 0. The quantitative estimate of drug-likeness (QED) is 0.656. The van der Waals surface area contributed by atoms with Gasteiger partial charge in [0.1, 0.15) is 5.41 Å². The van der Waals surface area contributed by atoms with Crippen LogP contribution in [-0.2, 0) is 14.3 Å². The highest BCUT2D eigenvalue weighted by molar-refractivity contribution is 6.03. The van der Waals surface area contributed by atoms with Gasteiger partial charge in [0, 0.05) is 6.42 Å². The van der Waals surface area contributed by atoms with Crippen molar-refractivity contribution in [2.75, 3.05) is 13.2 Å². The smallest absolute Gasteiger partial charge is 0.319 e. The molecule has 5 heteroatoms. The number of carbonyl (C=O) groups is 2. The molecule has 1 fully saturated rings. The predicted octanol–water partition coefficient (Wildman–Crippen LogP) is 0.208. The molecule has 86 valence electrons. The van der Waals surface area contributed by atoms with Gasteiger partial charge in [-0.2, -0.15) is 0 Å². The van der Waals surface area contributed by atoms with Crippen LogP contribution in [0, 0.1) is 5.41 Å². The zero-order valence-electron chi connectivity index (χ0n) is 8.73. The van der Waals surface area contributed by atoms with E-state index in [0.717, 1.165) is 0 Å². The predicted molar refractivity (Wildman–Crippen MR) is 51.4 cm³/mol. The maximum Gasteiger partial charge on any atom is 0.319 e. The van der Waals surface area contributed by atoms with E-state index in [1.807, 2.05) is 0 Å². The third kappa shape index (κ3) is 2.54. The summed E-state index contributed by atoms with van der Waals surface area (Å²) in [5, 5.41) is 18.2. The summed E-state index contributed by atoms with van der Waals surface area (Å²) in [6, 6.07) is 0. The molecule has 5 nitrogen and oxygen atoms in total. The van der Waals surface area contributed by atoms with E-state index in [-0.39, 0.29) is 25.2 Å². The summed E-state index contributed by atoms with van der Waals surface area (Å²) in [6.07, 6.45) is -0.0252. The van der Waals surface area contributed by atoms with Crippen LogP contribution in [0.2, 0.25) is 0 Å². The molecule has 2 atom stereocenters. The van der Waals surface area contributed by atoms with Crippen molar-refractivity contribution in [2.24, 2.45) is 5.41 Å². The van der Waals surface area contributed by atoms with Gasteiger partial charge in [0.15, 0.2) is 5.78 Å². The molecule has 0 spiro atoms. The summed E-state index contributed by atoms with van der Waals surface area (Å²) in [5.41, 5.74) is -1.44. The molecule has 1 heterocycles. The van der Waals surface area contributed by atoms with Crippen LogP contribution in [0.3, 0.4) is 0 Å². The molecule has 2 N–H and O–H groups in total. The van der Waals surface area contributed by atoms with E-state index in [1.54, 1.807) is 6.92 Å². The largest absolute Gasteiger partial charge is 0.480 e. The fourth-order valence-corrected chi connectivity index (χ4v) is 1.69. The first kappa shape index (κ1) is 12.1. The third-order valence-electron chi connectivity index (χ3n) is 2.75. The van der Waals surface area contributed by atoms with Crippen LogP contribution in [-0.4, -0.2) is 41.3 Å². The summed E-state index contributed by atoms with van der Waals surface area (Å²) in [7, 11) is 0. The molecule has 0 aromatic carbocycles. The number of rotatable bonds is 4. The monoisotopic (exact) mass is 216 g/mol. The number of carboxylic acid groups (broad SMARTS) is 1. The van der Waals surface area contributed by atoms with Crippen molar-refractivity contribution in [3.8, 4) is 0 Å². The highest BCUT2D eigenvalue weighted by atomic mass is 16.5. The highest BCUT2D eigenvalue weighted by Gasteiger charge is 2.47. The number of aliphatic hydroxyl groups excluding tert-OH is 1. The van der Waals surface area contributed by atoms with E-state index in [1.165, 1.54) is 0 Å². The second kappa shape index (κ2) is 4.72. The van der Waals surface area contributed by atoms with Crippen molar-refractivity contribution in [1.29, 1.82) is 0 Å². The molecule has 0 aromatic rings. The molecule has 1 aliphatic rings. The molecule has 1 saturated heterocycles. The van der Waals surface area contributed by atoms with E-state index in [9.17, 15) is 9.59 Å². The van der Waals surface area contributed by atoms with Crippen molar-refractivity contribution in [2.45, 2.75) is 32.3 Å². The lowest BCUT2D eigenvalue weighted by Gasteiger charge is -2.31. The van der Waals surface area contributed by atoms with Gasteiger partial charge in [-0.05, 0) is 19.8 Å². The van der Waals surface area contributed by atoms with Gasteiger partial charge in [0.25, 0.3) is 0 Å². The molecule has 0 aliphatic carbocycles. The molecular formula is C10H16O5. The maximum atomic E-state index is 11.6. The summed E-state index contributed by atoms with van der Waals surface area (Å²) in [4.78, 5) is 22.7. The summed E-state index contributed by atoms with van der Waals surface area (Å²) in [5.74, 6) is -1.44. The van der Waals surface area contributed by atoms with Crippen LogP contribution in [0.4, 0.5) is 0 Å². The standard InChI is InChI=1S/C10H16O5/c1-7(11)2-4-10(9(13)14)6-15-5-3-8(10)12/h7,11H,2-6H2,1H3,(H,13,14). The first-order valence-corrected chi connectivity index (χ1v) is 5.01. The molecule has 1 rings (SSSR count). The topological polar surface area (TPSA) is 83.8 Å². The van der Waals surface area contributed by atoms with Crippen LogP contribution in [0.5, 0.6) is 0 Å². The average Bonchev–Trinajstić information content (AvgIpc) is 2.16. The minimum Gasteiger partial charge on any atom is -0.480 e. The molecular weight excluding hydrogens is 200 g/mol. The number of Topliss-reactive ketones (excluding diaryl/α,β-unsaturated/α-hetero) is 1. The van der Waals surface area contributed by atoms with E-state index in [4.69, 9.17) is 14.9 Å². The van der Waals surface area contributed by atoms with Gasteiger partial charge < -0.3 is 14.9 Å². The zero-order chi connectivity index (χ0) is 11.5. The fourth-order valence-electron chi connectivity index (χ4n) is 1.69. The van der Waals surface area contributed by atoms with Crippen LogP contribution in [0.1, 0.15) is 26.2 Å². The average molecular weight is 216 g/mol. The lowest BCUT2D eigenvalue weighted by atomic mass is 9.77. The van der Waals surface area contributed by atoms with Crippen LogP contribution < -0.4 is 0 Å². The minimum atomic E-state index is -1.44. The van der Waals surface area contributed by atoms with Crippen LogP contribution in [0.15, 0.2) is 0 Å². The second-order valence-corrected chi connectivity index (χ2v) is 4.00. The Balaban J connectivity index is 2.77. The molecule has 0 saturated carbocycles. The maximum absolute atomic E-state index is 11.6. The van der Waals surface area contributed by atoms with Gasteiger partial charge in [0.2, 0.25) is 0 Å². The van der Waals surface area contributed by atoms with E-state index in [0.29, 0.717) is 13.0 Å². The van der Waals surface area contributed by atoms with Crippen LogP contribution >= 0.6 is 0 Å². The van der Waals surface area contributed by atoms with Gasteiger partial charge >= 0.3 is 5.97 Å². The lowest BCUT2D eigenvalue weighted by molar-refractivity contribution is -0.165. The first-order valence-electron chi connectivity index (χ1n) is 5.01. The SMILES string of the molecule is CC(O)CCC1(C(=O)O)COCCC1=O. The van der Waals surface area contributed by atoms with Crippen molar-refractivity contribution in [3.63, 3.8) is 0 Å². The second-order valence-electron chi connectivity index (χ2n) is 4.00. The third-order valence-corrected chi connectivity index (χ3v) is 2.75. The van der Waals surface area contributed by atoms with E-state index >= 15 is 0 Å². The number of carboxylic acids is 1.